The summed E-state index contributed by atoms with van der Waals surface area (Å²) in [6.45, 7) is 4.81. The van der Waals surface area contributed by atoms with Crippen molar-refractivity contribution in [2.45, 2.75) is 206 Å². The number of quaternary nitrogens is 1. The van der Waals surface area contributed by atoms with E-state index in [2.05, 4.69) is 19.2 Å². The maximum Gasteiger partial charge on any atom is 0.472 e. The van der Waals surface area contributed by atoms with Crippen molar-refractivity contribution in [3.8, 4) is 0 Å². The van der Waals surface area contributed by atoms with E-state index in [-0.39, 0.29) is 19.1 Å². The molecule has 3 N–H and O–H groups in total. The van der Waals surface area contributed by atoms with Gasteiger partial charge in [0.15, 0.2) is 0 Å². The van der Waals surface area contributed by atoms with Gasteiger partial charge in [-0.1, -0.05) is 180 Å². The maximum atomic E-state index is 12.8. The number of nitrogens with zero attached hydrogens (tertiary/aromatic N) is 1. The summed E-state index contributed by atoms with van der Waals surface area (Å²) in [6, 6.07) is -0.838. The van der Waals surface area contributed by atoms with Crippen molar-refractivity contribution in [1.29, 1.82) is 0 Å². The van der Waals surface area contributed by atoms with Gasteiger partial charge in [0, 0.05) is 6.42 Å². The Labute approximate surface area is 310 Å². The highest BCUT2D eigenvalue weighted by molar-refractivity contribution is 7.47. The van der Waals surface area contributed by atoms with Gasteiger partial charge in [0.25, 0.3) is 0 Å². The number of allylic oxidation sites excluding steroid dienone is 1. The van der Waals surface area contributed by atoms with Crippen LogP contribution in [0.2, 0.25) is 0 Å². The number of hydrogen-bond donors (Lipinski definition) is 3. The fraction of sp³-hybridized carbons (Fsp3) is 0.927. The Morgan fingerprint density at radius 2 is 1.06 bits per heavy atom. The first-order chi connectivity index (χ1) is 24.0. The van der Waals surface area contributed by atoms with Gasteiger partial charge < -0.3 is 19.8 Å². The number of aliphatic hydroxyl groups is 1. The minimum absolute atomic E-state index is 0.0644. The second-order valence-electron chi connectivity index (χ2n) is 15.7. The van der Waals surface area contributed by atoms with E-state index in [0.717, 1.165) is 38.5 Å². The Kier molecular flexibility index (Phi) is 33.5. The third kappa shape index (κ3) is 35.6. The second-order valence-corrected chi connectivity index (χ2v) is 17.2. The van der Waals surface area contributed by atoms with Crippen molar-refractivity contribution in [3.05, 3.63) is 12.2 Å². The van der Waals surface area contributed by atoms with Gasteiger partial charge in [-0.3, -0.25) is 13.8 Å². The largest absolute Gasteiger partial charge is 0.472 e. The number of unbranched alkanes of at least 4 members (excludes halogenated alkanes) is 25. The Hall–Kier alpha value is -0.760. The van der Waals surface area contributed by atoms with Crippen LogP contribution in [-0.4, -0.2) is 73.4 Å². The highest BCUT2D eigenvalue weighted by atomic mass is 31.2. The predicted molar refractivity (Wildman–Crippen MR) is 212 cm³/mol. The lowest BCUT2D eigenvalue weighted by Gasteiger charge is -2.25. The number of likely N-dealkylation sites (N-methyl/N-ethyl adjacent to an activating group) is 1. The molecule has 3 atom stereocenters. The highest BCUT2D eigenvalue weighted by Crippen LogP contribution is 2.43. The molecule has 0 bridgehead atoms. The van der Waals surface area contributed by atoms with E-state index in [1.54, 1.807) is 6.08 Å². The predicted octanol–water partition coefficient (Wildman–Crippen LogP) is 11.2. The monoisotopic (exact) mass is 732 g/mol. The molecule has 0 saturated heterocycles. The first-order valence-corrected chi connectivity index (χ1v) is 22.6. The van der Waals surface area contributed by atoms with Crippen LogP contribution in [0.3, 0.4) is 0 Å². The number of aliphatic hydroxyl groups excluding tert-OH is 1. The van der Waals surface area contributed by atoms with Crippen molar-refractivity contribution in [3.63, 3.8) is 0 Å². The van der Waals surface area contributed by atoms with E-state index in [1.807, 2.05) is 27.2 Å². The summed E-state index contributed by atoms with van der Waals surface area (Å²) in [7, 11) is 1.58. The molecule has 0 aliphatic rings. The quantitative estimate of drug-likeness (QED) is 0.0253. The molecule has 0 aromatic carbocycles. The molecular weight excluding hydrogens is 647 g/mol. The molecule has 0 aromatic rings. The molecule has 50 heavy (non-hydrogen) atoms. The third-order valence-corrected chi connectivity index (χ3v) is 10.5. The summed E-state index contributed by atoms with van der Waals surface area (Å²) in [6.07, 6.45) is 36.9. The van der Waals surface area contributed by atoms with E-state index in [1.165, 1.54) is 135 Å². The molecule has 0 heterocycles. The van der Waals surface area contributed by atoms with Crippen LogP contribution in [0, 0.1) is 0 Å². The first-order valence-electron chi connectivity index (χ1n) is 21.1. The first kappa shape index (κ1) is 49.2. The van der Waals surface area contributed by atoms with Crippen molar-refractivity contribution in [2.75, 3.05) is 40.9 Å². The molecule has 1 amide bonds. The van der Waals surface area contributed by atoms with Crippen LogP contribution in [-0.2, 0) is 18.4 Å². The Morgan fingerprint density at radius 1 is 0.660 bits per heavy atom. The van der Waals surface area contributed by atoms with Gasteiger partial charge in [-0.05, 0) is 19.3 Å². The molecule has 0 saturated carbocycles. The molecule has 1 unspecified atom stereocenters. The van der Waals surface area contributed by atoms with Gasteiger partial charge in [-0.25, -0.2) is 4.57 Å². The molecule has 9 heteroatoms. The molecule has 8 nitrogen and oxygen atoms in total. The SMILES string of the molecule is CCCCCCCCCCCCCCC/C=C/[C@@H](O)[C@H](COP(=O)(O)OCC[N+](C)(C)C)NC(=O)CCCCCCCCCCCCCCC. The van der Waals surface area contributed by atoms with Crippen LogP contribution >= 0.6 is 7.82 Å². The Balaban J connectivity index is 4.46. The molecule has 0 aromatic heterocycles. The number of phosphoric acid groups is 1. The average molecular weight is 732 g/mol. The summed E-state index contributed by atoms with van der Waals surface area (Å²) in [5, 5.41) is 13.8. The van der Waals surface area contributed by atoms with Gasteiger partial charge in [0.05, 0.1) is 39.9 Å². The highest BCUT2D eigenvalue weighted by Gasteiger charge is 2.27. The van der Waals surface area contributed by atoms with Crippen LogP contribution < -0.4 is 5.32 Å². The van der Waals surface area contributed by atoms with E-state index in [4.69, 9.17) is 9.05 Å². The number of carbonyl (C=O) groups excluding carboxylic acids is 1. The maximum absolute atomic E-state index is 12.8. The van der Waals surface area contributed by atoms with Gasteiger partial charge in [-0.2, -0.15) is 0 Å². The normalized spacial score (nSPS) is 14.6. The lowest BCUT2D eigenvalue weighted by molar-refractivity contribution is -0.870. The van der Waals surface area contributed by atoms with Crippen molar-refractivity contribution >= 4 is 13.7 Å². The van der Waals surface area contributed by atoms with Crippen molar-refractivity contribution in [1.82, 2.24) is 5.32 Å². The summed E-state index contributed by atoms with van der Waals surface area (Å²) in [4.78, 5) is 23.0. The molecule has 0 rings (SSSR count). The summed E-state index contributed by atoms with van der Waals surface area (Å²) < 4.78 is 23.5. The number of phosphoric ester groups is 1. The van der Waals surface area contributed by atoms with Crippen LogP contribution in [0.5, 0.6) is 0 Å². The molecule has 0 fully saturated rings. The summed E-state index contributed by atoms with van der Waals surface area (Å²) >= 11 is 0. The molecule has 0 aliphatic heterocycles. The number of hydrogen-bond acceptors (Lipinski definition) is 5. The number of rotatable bonds is 38. The Bertz CT molecular complexity index is 834. The van der Waals surface area contributed by atoms with E-state index in [0.29, 0.717) is 17.4 Å². The topological polar surface area (TPSA) is 105 Å². The van der Waals surface area contributed by atoms with Gasteiger partial charge in [-0.15, -0.1) is 0 Å². The lowest BCUT2D eigenvalue weighted by atomic mass is 10.0. The number of amides is 1. The fourth-order valence-corrected chi connectivity index (χ4v) is 6.84. The number of nitrogens with one attached hydrogen (secondary N) is 1. The molecule has 298 valence electrons. The van der Waals surface area contributed by atoms with Gasteiger partial charge >= 0.3 is 7.82 Å². The number of carbonyl (C=O) groups is 1. The van der Waals surface area contributed by atoms with Crippen molar-refractivity contribution in [2.24, 2.45) is 0 Å². The van der Waals surface area contributed by atoms with E-state index in [9.17, 15) is 19.4 Å². The van der Waals surface area contributed by atoms with Crippen LogP contribution in [0.1, 0.15) is 194 Å². The van der Waals surface area contributed by atoms with Gasteiger partial charge in [0.2, 0.25) is 5.91 Å². The second kappa shape index (κ2) is 34.0. The summed E-state index contributed by atoms with van der Waals surface area (Å²) in [5.74, 6) is -0.177. The average Bonchev–Trinajstić information content (AvgIpc) is 3.06. The molecule has 0 radical (unpaired) electrons. The van der Waals surface area contributed by atoms with Crippen LogP contribution in [0.4, 0.5) is 0 Å². The minimum atomic E-state index is -4.33. The molecule has 0 aliphatic carbocycles. The van der Waals surface area contributed by atoms with Crippen molar-refractivity contribution < 1.29 is 32.9 Å². The zero-order valence-electron chi connectivity index (χ0n) is 33.7. The standard InChI is InChI=1S/C41H83N2O6P/c1-6-8-10-12-14-16-18-20-21-23-24-26-28-30-32-34-40(44)39(38-49-50(46,47)48-37-36-43(3,4)5)42-41(45)35-33-31-29-27-25-22-19-17-15-13-11-9-7-2/h32,34,39-40,44H,6-31,33,35-38H2,1-5H3,(H-,42,45,46,47)/p+1/b34-32+/t39-,40+/m0/s1. The molecule has 0 spiro atoms. The molecular formula is C41H84N2O6P+. The van der Waals surface area contributed by atoms with Gasteiger partial charge in [0.1, 0.15) is 13.2 Å². The Morgan fingerprint density at radius 3 is 1.48 bits per heavy atom. The smallest absolute Gasteiger partial charge is 0.387 e. The zero-order chi connectivity index (χ0) is 37.2. The third-order valence-electron chi connectivity index (χ3n) is 9.51. The van der Waals surface area contributed by atoms with Crippen LogP contribution in [0.25, 0.3) is 0 Å². The van der Waals surface area contributed by atoms with E-state index >= 15 is 0 Å². The van der Waals surface area contributed by atoms with Crippen LogP contribution in [0.15, 0.2) is 12.2 Å². The minimum Gasteiger partial charge on any atom is -0.387 e. The fourth-order valence-electron chi connectivity index (χ4n) is 6.10. The lowest BCUT2D eigenvalue weighted by Crippen LogP contribution is -2.45. The zero-order valence-corrected chi connectivity index (χ0v) is 34.5. The summed E-state index contributed by atoms with van der Waals surface area (Å²) in [5.41, 5.74) is 0. The van der Waals surface area contributed by atoms with E-state index < -0.39 is 20.0 Å².